The largest absolute Gasteiger partial charge is 0.481 e. The predicted octanol–water partition coefficient (Wildman–Crippen LogP) is 5.00. The molecule has 0 aliphatic rings. The minimum atomic E-state index is -5.04. The fourth-order valence-corrected chi connectivity index (χ4v) is 5.53. The van der Waals surface area contributed by atoms with Gasteiger partial charge in [-0.05, 0) is 24.7 Å². The predicted molar refractivity (Wildman–Crippen MR) is 114 cm³/mol. The van der Waals surface area contributed by atoms with E-state index in [1.165, 1.54) is 0 Å². The van der Waals surface area contributed by atoms with Crippen LogP contribution in [-0.4, -0.2) is 39.9 Å². The van der Waals surface area contributed by atoms with Crippen LogP contribution in [0.15, 0.2) is 0 Å². The molecule has 4 unspecified atom stereocenters. The van der Waals surface area contributed by atoms with E-state index in [0.29, 0.717) is 19.3 Å². The second-order valence-corrected chi connectivity index (χ2v) is 9.92. The molecule has 0 amide bonds. The van der Waals surface area contributed by atoms with Crippen molar-refractivity contribution in [2.45, 2.75) is 103 Å². The first kappa shape index (κ1) is 27.8. The van der Waals surface area contributed by atoms with Crippen LogP contribution >= 0.6 is 0 Å². The number of carboxylic acid groups (broad SMARTS) is 2. The standard InChI is InChI=1S/C21H40O7S/c1-5-9-11-16(7-3)13-18(14-19(22)23)21(20(24)25,29(26,27)28)15-17(8-4)12-10-6-2/h16-18H,5-15H2,1-4H3,(H,22,23)(H,24,25)(H,26,27,28). The molecule has 0 aliphatic heterocycles. The zero-order chi connectivity index (χ0) is 22.7. The fourth-order valence-electron chi connectivity index (χ4n) is 4.26. The molecule has 0 saturated carbocycles. The lowest BCUT2D eigenvalue weighted by molar-refractivity contribution is -0.145. The van der Waals surface area contributed by atoms with Crippen LogP contribution in [0.1, 0.15) is 98.3 Å². The van der Waals surface area contributed by atoms with Gasteiger partial charge in [0.15, 0.2) is 4.75 Å². The van der Waals surface area contributed by atoms with Gasteiger partial charge in [0.05, 0.1) is 6.42 Å². The Hall–Kier alpha value is -1.15. The number of aliphatic carboxylic acids is 2. The van der Waals surface area contributed by atoms with Crippen LogP contribution in [0, 0.1) is 17.8 Å². The average molecular weight is 437 g/mol. The van der Waals surface area contributed by atoms with Crippen LogP contribution in [0.4, 0.5) is 0 Å². The Morgan fingerprint density at radius 3 is 1.72 bits per heavy atom. The van der Waals surface area contributed by atoms with Gasteiger partial charge in [-0.2, -0.15) is 8.42 Å². The molecule has 0 aromatic heterocycles. The molecule has 0 radical (unpaired) electrons. The van der Waals surface area contributed by atoms with Gasteiger partial charge in [-0.25, -0.2) is 0 Å². The Morgan fingerprint density at radius 2 is 1.38 bits per heavy atom. The van der Waals surface area contributed by atoms with Crippen LogP contribution in [0.2, 0.25) is 0 Å². The molecule has 0 spiro atoms. The highest BCUT2D eigenvalue weighted by atomic mass is 32.2. The van der Waals surface area contributed by atoms with Gasteiger partial charge in [0.25, 0.3) is 10.1 Å². The summed E-state index contributed by atoms with van der Waals surface area (Å²) in [6, 6.07) is 0. The highest BCUT2D eigenvalue weighted by Crippen LogP contribution is 2.42. The van der Waals surface area contributed by atoms with Crippen molar-refractivity contribution >= 4 is 22.1 Å². The van der Waals surface area contributed by atoms with Crippen molar-refractivity contribution in [1.29, 1.82) is 0 Å². The summed E-state index contributed by atoms with van der Waals surface area (Å²) in [5, 5.41) is 19.5. The zero-order valence-electron chi connectivity index (χ0n) is 18.4. The van der Waals surface area contributed by atoms with Gasteiger partial charge in [-0.15, -0.1) is 0 Å². The highest BCUT2D eigenvalue weighted by Gasteiger charge is 2.57. The number of carbonyl (C=O) groups is 2. The van der Waals surface area contributed by atoms with E-state index in [4.69, 9.17) is 0 Å². The van der Waals surface area contributed by atoms with Crippen molar-refractivity contribution < 1.29 is 32.8 Å². The lowest BCUT2D eigenvalue weighted by Gasteiger charge is -2.38. The molecule has 0 heterocycles. The van der Waals surface area contributed by atoms with E-state index < -0.39 is 39.1 Å². The minimum absolute atomic E-state index is 0.00972. The van der Waals surface area contributed by atoms with Crippen molar-refractivity contribution in [3.8, 4) is 0 Å². The van der Waals surface area contributed by atoms with E-state index in [9.17, 15) is 32.8 Å². The van der Waals surface area contributed by atoms with E-state index >= 15 is 0 Å². The van der Waals surface area contributed by atoms with Gasteiger partial charge in [-0.1, -0.05) is 79.1 Å². The summed E-state index contributed by atoms with van der Waals surface area (Å²) in [7, 11) is -5.04. The number of unbranched alkanes of at least 4 members (excludes halogenated alkanes) is 2. The Labute approximate surface area is 176 Å². The van der Waals surface area contributed by atoms with Crippen LogP contribution in [-0.2, 0) is 19.7 Å². The first-order chi connectivity index (χ1) is 13.5. The van der Waals surface area contributed by atoms with E-state index in [1.807, 2.05) is 27.7 Å². The maximum atomic E-state index is 12.5. The van der Waals surface area contributed by atoms with E-state index in [0.717, 1.165) is 32.1 Å². The third-order valence-corrected chi connectivity index (χ3v) is 7.79. The molecule has 7 nitrogen and oxygen atoms in total. The molecule has 4 atom stereocenters. The first-order valence-corrected chi connectivity index (χ1v) is 12.4. The Kier molecular flexibility index (Phi) is 12.7. The van der Waals surface area contributed by atoms with E-state index in [1.54, 1.807) is 0 Å². The summed E-state index contributed by atoms with van der Waals surface area (Å²) < 4.78 is 32.6. The fraction of sp³-hybridized carbons (Fsp3) is 0.905. The molecule has 3 N–H and O–H groups in total. The quantitative estimate of drug-likeness (QED) is 0.274. The van der Waals surface area contributed by atoms with Crippen LogP contribution < -0.4 is 0 Å². The zero-order valence-corrected chi connectivity index (χ0v) is 19.2. The minimum Gasteiger partial charge on any atom is -0.481 e. The van der Waals surface area contributed by atoms with Crippen molar-refractivity contribution in [1.82, 2.24) is 0 Å². The van der Waals surface area contributed by atoms with E-state index in [2.05, 4.69) is 0 Å². The Bertz CT molecular complexity index is 602. The monoisotopic (exact) mass is 436 g/mol. The SMILES string of the molecule is CCCCC(CC)CC(CC(=O)O)C(CC(CC)CCCC)(C(=O)O)S(=O)(=O)O. The summed E-state index contributed by atoms with van der Waals surface area (Å²) in [5.41, 5.74) is 0. The van der Waals surface area contributed by atoms with Crippen LogP contribution in [0.3, 0.4) is 0 Å². The van der Waals surface area contributed by atoms with Gasteiger partial charge in [0.2, 0.25) is 0 Å². The Morgan fingerprint density at radius 1 is 0.897 bits per heavy atom. The van der Waals surface area contributed by atoms with Crippen molar-refractivity contribution in [2.75, 3.05) is 0 Å². The lowest BCUT2D eigenvalue weighted by atomic mass is 9.74. The molecule has 0 saturated heterocycles. The third kappa shape index (κ3) is 8.24. The summed E-state index contributed by atoms with van der Waals surface area (Å²) in [6.45, 7) is 7.82. The van der Waals surface area contributed by atoms with Crippen LogP contribution in [0.5, 0.6) is 0 Å². The van der Waals surface area contributed by atoms with Crippen molar-refractivity contribution in [3.05, 3.63) is 0 Å². The molecule has 0 aromatic carbocycles. The maximum absolute atomic E-state index is 12.5. The third-order valence-electron chi connectivity index (χ3n) is 6.20. The maximum Gasteiger partial charge on any atom is 0.327 e. The summed E-state index contributed by atoms with van der Waals surface area (Å²) in [4.78, 5) is 23.9. The molecular weight excluding hydrogens is 396 g/mol. The normalized spacial score (nSPS) is 17.3. The molecule has 29 heavy (non-hydrogen) atoms. The molecule has 8 heteroatoms. The summed E-state index contributed by atoms with van der Waals surface area (Å²) in [5.74, 6) is -4.30. The number of rotatable bonds is 17. The topological polar surface area (TPSA) is 129 Å². The second kappa shape index (κ2) is 13.2. The molecule has 0 aliphatic carbocycles. The van der Waals surface area contributed by atoms with E-state index in [-0.39, 0.29) is 24.7 Å². The highest BCUT2D eigenvalue weighted by molar-refractivity contribution is 7.88. The van der Waals surface area contributed by atoms with Crippen LogP contribution in [0.25, 0.3) is 0 Å². The molecule has 0 fully saturated rings. The smallest absolute Gasteiger partial charge is 0.327 e. The van der Waals surface area contributed by atoms with Gasteiger partial charge in [-0.3, -0.25) is 14.1 Å². The number of hydrogen-bond acceptors (Lipinski definition) is 4. The molecular formula is C21H40O7S. The van der Waals surface area contributed by atoms with Crippen molar-refractivity contribution in [2.24, 2.45) is 17.8 Å². The average Bonchev–Trinajstić information content (AvgIpc) is 2.62. The van der Waals surface area contributed by atoms with Gasteiger partial charge in [0, 0.05) is 5.92 Å². The first-order valence-electron chi connectivity index (χ1n) is 10.9. The second-order valence-electron chi connectivity index (χ2n) is 8.24. The molecule has 0 rings (SSSR count). The summed E-state index contributed by atoms with van der Waals surface area (Å²) in [6.07, 6.45) is 5.52. The molecule has 0 aromatic rings. The van der Waals surface area contributed by atoms with Gasteiger partial charge < -0.3 is 10.2 Å². The molecule has 0 bridgehead atoms. The number of carboxylic acids is 2. The summed E-state index contributed by atoms with van der Waals surface area (Å²) >= 11 is 0. The van der Waals surface area contributed by atoms with Gasteiger partial charge >= 0.3 is 11.9 Å². The lowest BCUT2D eigenvalue weighted by Crippen LogP contribution is -2.54. The number of hydrogen-bond donors (Lipinski definition) is 3. The van der Waals surface area contributed by atoms with Gasteiger partial charge in [0.1, 0.15) is 0 Å². The molecule has 172 valence electrons. The van der Waals surface area contributed by atoms with Crippen molar-refractivity contribution in [3.63, 3.8) is 0 Å². The Balaban J connectivity index is 6.26.